The third-order valence-electron chi connectivity index (χ3n) is 5.86. The van der Waals surface area contributed by atoms with Crippen LogP contribution in [0.1, 0.15) is 24.8 Å². The number of rotatable bonds is 2. The maximum atomic E-state index is 12.9. The van der Waals surface area contributed by atoms with E-state index in [0.717, 1.165) is 12.1 Å². The highest BCUT2D eigenvalue weighted by Gasteiger charge is 2.38. The van der Waals surface area contributed by atoms with Crippen LogP contribution >= 0.6 is 11.6 Å². The molecule has 3 aliphatic heterocycles. The van der Waals surface area contributed by atoms with E-state index in [1.165, 1.54) is 6.07 Å². The van der Waals surface area contributed by atoms with Crippen molar-refractivity contribution in [2.75, 3.05) is 32.8 Å². The monoisotopic (exact) mass is 461 g/mol. The van der Waals surface area contributed by atoms with E-state index in [9.17, 15) is 22.8 Å². The van der Waals surface area contributed by atoms with Gasteiger partial charge in [-0.05, 0) is 24.6 Å². The average molecular weight is 462 g/mol. The van der Waals surface area contributed by atoms with Crippen molar-refractivity contribution in [1.29, 1.82) is 0 Å². The van der Waals surface area contributed by atoms with Crippen LogP contribution in [0.4, 0.5) is 18.0 Å². The number of hydrogen-bond acceptors (Lipinski definition) is 4. The highest BCUT2D eigenvalue weighted by Crippen LogP contribution is 2.35. The van der Waals surface area contributed by atoms with Gasteiger partial charge in [-0.1, -0.05) is 11.6 Å². The minimum Gasteiger partial charge on any atom is -0.489 e. The summed E-state index contributed by atoms with van der Waals surface area (Å²) in [5.74, 6) is 0.0324. The van der Waals surface area contributed by atoms with Gasteiger partial charge in [-0.3, -0.25) is 4.79 Å². The van der Waals surface area contributed by atoms with Crippen LogP contribution < -0.4 is 10.1 Å². The van der Waals surface area contributed by atoms with E-state index in [4.69, 9.17) is 21.1 Å². The van der Waals surface area contributed by atoms with Crippen LogP contribution in [0.3, 0.4) is 0 Å². The molecule has 7 nitrogen and oxygen atoms in total. The maximum absolute atomic E-state index is 12.9. The first-order chi connectivity index (χ1) is 14.7. The Balaban J connectivity index is 1.29. The number of carbonyl (C=O) groups is 2. The van der Waals surface area contributed by atoms with Crippen LogP contribution in [-0.4, -0.2) is 72.8 Å². The number of piperidine rings is 2. The molecule has 4 rings (SSSR count). The van der Waals surface area contributed by atoms with Gasteiger partial charge >= 0.3 is 12.2 Å². The normalized spacial score (nSPS) is 25.1. The van der Waals surface area contributed by atoms with E-state index >= 15 is 0 Å². The maximum Gasteiger partial charge on any atom is 0.416 e. The van der Waals surface area contributed by atoms with Crippen LogP contribution in [0.5, 0.6) is 5.75 Å². The third kappa shape index (κ3) is 5.01. The lowest BCUT2D eigenvalue weighted by Gasteiger charge is -2.43. The lowest BCUT2D eigenvalue weighted by molar-refractivity contribution is -0.140. The van der Waals surface area contributed by atoms with E-state index in [1.807, 2.05) is 0 Å². The van der Waals surface area contributed by atoms with Gasteiger partial charge in [0, 0.05) is 39.0 Å². The first kappa shape index (κ1) is 22.0. The van der Waals surface area contributed by atoms with E-state index in [2.05, 4.69) is 5.32 Å². The number of carbonyl (C=O) groups excluding carboxylic acids is 2. The number of urea groups is 1. The summed E-state index contributed by atoms with van der Waals surface area (Å²) in [5, 5.41) is 2.79. The summed E-state index contributed by atoms with van der Waals surface area (Å²) in [5.41, 5.74) is -0.825. The number of amides is 3. The molecule has 31 heavy (non-hydrogen) atoms. The fourth-order valence-corrected chi connectivity index (χ4v) is 4.42. The second-order valence-corrected chi connectivity index (χ2v) is 8.40. The predicted octanol–water partition coefficient (Wildman–Crippen LogP) is 2.91. The molecule has 0 spiro atoms. The van der Waals surface area contributed by atoms with Crippen LogP contribution in [0, 0.1) is 0 Å². The van der Waals surface area contributed by atoms with Crippen LogP contribution in [0.25, 0.3) is 0 Å². The zero-order valence-electron chi connectivity index (χ0n) is 16.7. The number of nitrogens with one attached hydrogen (secondary N) is 1. The first-order valence-corrected chi connectivity index (χ1v) is 10.6. The van der Waals surface area contributed by atoms with Gasteiger partial charge in [0.2, 0.25) is 5.91 Å². The molecule has 1 unspecified atom stereocenters. The summed E-state index contributed by atoms with van der Waals surface area (Å²) < 4.78 is 49.6. The molecule has 0 radical (unpaired) electrons. The number of fused-ring (bicyclic) bond motifs is 1. The van der Waals surface area contributed by atoms with Gasteiger partial charge in [-0.15, -0.1) is 0 Å². The van der Waals surface area contributed by atoms with Crippen LogP contribution in [0.15, 0.2) is 18.2 Å². The highest BCUT2D eigenvalue weighted by molar-refractivity contribution is 6.32. The van der Waals surface area contributed by atoms with Gasteiger partial charge in [0.05, 0.1) is 22.7 Å². The summed E-state index contributed by atoms with van der Waals surface area (Å²) in [4.78, 5) is 27.9. The molecule has 3 amide bonds. The number of nitrogens with zero attached hydrogens (tertiary/aromatic N) is 2. The van der Waals surface area contributed by atoms with Crippen molar-refractivity contribution in [3.63, 3.8) is 0 Å². The summed E-state index contributed by atoms with van der Waals surface area (Å²) in [6.07, 6.45) is -3.01. The molecular formula is C20H23ClF3N3O4. The molecule has 3 fully saturated rings. The molecule has 0 aromatic heterocycles. The highest BCUT2D eigenvalue weighted by atomic mass is 35.5. The molecule has 11 heteroatoms. The topological polar surface area (TPSA) is 71.1 Å². The summed E-state index contributed by atoms with van der Waals surface area (Å²) in [6.45, 7) is 1.97. The lowest BCUT2D eigenvalue weighted by atomic mass is 10.0. The van der Waals surface area contributed by atoms with Crippen molar-refractivity contribution in [3.8, 4) is 5.75 Å². The molecule has 3 heterocycles. The molecular weight excluding hydrogens is 439 g/mol. The first-order valence-electron chi connectivity index (χ1n) is 10.2. The van der Waals surface area contributed by atoms with E-state index in [1.54, 1.807) is 9.80 Å². The third-order valence-corrected chi connectivity index (χ3v) is 6.16. The standard InChI is InChI=1S/C20H23ClF3N3O4/c21-14-9-12(20(22,23)24)1-2-16(14)31-13-3-6-26(7-4-13)19(29)27-8-5-17-15(10-27)25-18(28)11-30-17/h1-2,9,13,15,17H,3-8,10-11H2,(H,25,28)/t15?,17-/m0/s1. The Kier molecular flexibility index (Phi) is 6.20. The van der Waals surface area contributed by atoms with Crippen molar-refractivity contribution in [2.45, 2.75) is 43.7 Å². The second kappa shape index (κ2) is 8.74. The number of alkyl halides is 3. The smallest absolute Gasteiger partial charge is 0.416 e. The Morgan fingerprint density at radius 2 is 1.87 bits per heavy atom. The molecule has 3 saturated heterocycles. The largest absolute Gasteiger partial charge is 0.489 e. The minimum absolute atomic E-state index is 0.0608. The van der Waals surface area contributed by atoms with Crippen molar-refractivity contribution in [1.82, 2.24) is 15.1 Å². The summed E-state index contributed by atoms with van der Waals surface area (Å²) in [7, 11) is 0. The van der Waals surface area contributed by atoms with Gasteiger partial charge in [0.25, 0.3) is 0 Å². The van der Waals surface area contributed by atoms with E-state index < -0.39 is 11.7 Å². The van der Waals surface area contributed by atoms with Crippen molar-refractivity contribution in [2.24, 2.45) is 0 Å². The molecule has 1 aromatic carbocycles. The SMILES string of the molecule is O=C1CO[C@H]2CCN(C(=O)N3CCC(Oc4ccc(C(F)(F)F)cc4Cl)CC3)CC2N1. The van der Waals surface area contributed by atoms with E-state index in [0.29, 0.717) is 45.4 Å². The Morgan fingerprint density at radius 1 is 1.16 bits per heavy atom. The Labute approximate surface area is 182 Å². The zero-order valence-corrected chi connectivity index (χ0v) is 17.4. The molecule has 0 saturated carbocycles. The molecule has 0 aliphatic carbocycles. The van der Waals surface area contributed by atoms with E-state index in [-0.39, 0.29) is 47.6 Å². The number of halogens is 4. The number of ether oxygens (including phenoxy) is 2. The van der Waals surface area contributed by atoms with Crippen molar-refractivity contribution < 1.29 is 32.2 Å². The lowest BCUT2D eigenvalue weighted by Crippen LogP contribution is -2.62. The molecule has 1 N–H and O–H groups in total. The molecule has 2 atom stereocenters. The Morgan fingerprint density at radius 3 is 2.55 bits per heavy atom. The molecule has 3 aliphatic rings. The van der Waals surface area contributed by atoms with Gasteiger partial charge < -0.3 is 24.6 Å². The van der Waals surface area contributed by atoms with Crippen molar-refractivity contribution in [3.05, 3.63) is 28.8 Å². The number of hydrogen-bond donors (Lipinski definition) is 1. The minimum atomic E-state index is -4.46. The van der Waals surface area contributed by atoms with Crippen LogP contribution in [0.2, 0.25) is 5.02 Å². The number of benzene rings is 1. The van der Waals surface area contributed by atoms with Gasteiger partial charge in [-0.25, -0.2) is 4.79 Å². The quantitative estimate of drug-likeness (QED) is 0.735. The Bertz CT molecular complexity index is 845. The summed E-state index contributed by atoms with van der Waals surface area (Å²) in [6, 6.07) is 2.74. The fraction of sp³-hybridized carbons (Fsp3) is 0.600. The molecule has 1 aromatic rings. The van der Waals surface area contributed by atoms with Gasteiger partial charge in [-0.2, -0.15) is 13.2 Å². The van der Waals surface area contributed by atoms with Crippen molar-refractivity contribution >= 4 is 23.5 Å². The van der Waals surface area contributed by atoms with Gasteiger partial charge in [0.15, 0.2) is 0 Å². The summed E-state index contributed by atoms with van der Waals surface area (Å²) >= 11 is 5.97. The predicted molar refractivity (Wildman–Crippen MR) is 105 cm³/mol. The molecule has 0 bridgehead atoms. The number of likely N-dealkylation sites (tertiary alicyclic amines) is 2. The average Bonchev–Trinajstić information content (AvgIpc) is 2.74. The Hall–Kier alpha value is -2.20. The zero-order chi connectivity index (χ0) is 22.2. The van der Waals surface area contributed by atoms with Gasteiger partial charge in [0.1, 0.15) is 18.5 Å². The second-order valence-electron chi connectivity index (χ2n) is 7.99. The fourth-order valence-electron chi connectivity index (χ4n) is 4.19. The van der Waals surface area contributed by atoms with Crippen LogP contribution in [-0.2, 0) is 15.7 Å². The molecule has 170 valence electrons. The number of morpholine rings is 1.